The van der Waals surface area contributed by atoms with Gasteiger partial charge in [-0.05, 0) is 31.2 Å². The second-order valence-corrected chi connectivity index (χ2v) is 6.03. The summed E-state index contributed by atoms with van der Waals surface area (Å²) in [4.78, 5) is 4.61. The summed E-state index contributed by atoms with van der Waals surface area (Å²) in [7, 11) is 0. The van der Waals surface area contributed by atoms with Gasteiger partial charge in [-0.1, -0.05) is 28.1 Å². The van der Waals surface area contributed by atoms with Gasteiger partial charge < -0.3 is 5.11 Å². The van der Waals surface area contributed by atoms with Crippen LogP contribution in [-0.2, 0) is 0 Å². The molecule has 1 aromatic heterocycles. The number of thiazole rings is 1. The molecule has 4 heteroatoms. The lowest BCUT2D eigenvalue weighted by molar-refractivity contribution is 0.471. The number of hydrogen-bond acceptors (Lipinski definition) is 3. The Hall–Kier alpha value is -1.39. The topological polar surface area (TPSA) is 33.1 Å². The van der Waals surface area contributed by atoms with E-state index in [1.165, 1.54) is 0 Å². The third kappa shape index (κ3) is 1.91. The summed E-state index contributed by atoms with van der Waals surface area (Å²) < 4.78 is 2.19. The zero-order valence-electron chi connectivity index (χ0n) is 9.64. The molecule has 0 unspecified atom stereocenters. The maximum atomic E-state index is 9.75. The number of phenolic OH excluding ortho intramolecular Hbond substituents is 1. The van der Waals surface area contributed by atoms with Gasteiger partial charge in [0, 0.05) is 15.6 Å². The van der Waals surface area contributed by atoms with Crippen LogP contribution in [0.5, 0.6) is 5.75 Å². The molecule has 1 heterocycles. The smallest absolute Gasteiger partial charge is 0.125 e. The van der Waals surface area contributed by atoms with Gasteiger partial charge in [-0.3, -0.25) is 0 Å². The molecule has 18 heavy (non-hydrogen) atoms. The van der Waals surface area contributed by atoms with Crippen molar-refractivity contribution in [2.45, 2.75) is 6.92 Å². The average molecular weight is 320 g/mol. The number of nitrogens with zero attached hydrogens (tertiary/aromatic N) is 1. The van der Waals surface area contributed by atoms with E-state index >= 15 is 0 Å². The molecule has 0 aliphatic heterocycles. The van der Waals surface area contributed by atoms with E-state index in [1.807, 2.05) is 31.2 Å². The number of aromatic hydroxyl groups is 1. The molecule has 0 spiro atoms. The van der Waals surface area contributed by atoms with Crippen molar-refractivity contribution in [1.82, 2.24) is 4.98 Å². The Morgan fingerprint density at radius 2 is 2.06 bits per heavy atom. The molecule has 0 fully saturated rings. The van der Waals surface area contributed by atoms with Gasteiger partial charge in [-0.2, -0.15) is 0 Å². The van der Waals surface area contributed by atoms with Crippen molar-refractivity contribution in [3.8, 4) is 16.3 Å². The Morgan fingerprint density at radius 3 is 2.89 bits per heavy atom. The first-order chi connectivity index (χ1) is 8.65. The van der Waals surface area contributed by atoms with E-state index in [2.05, 4.69) is 27.0 Å². The lowest BCUT2D eigenvalue weighted by Crippen LogP contribution is -1.82. The molecule has 1 N–H and O–H groups in total. The fraction of sp³-hybridized carbons (Fsp3) is 0.0714. The van der Waals surface area contributed by atoms with Gasteiger partial charge >= 0.3 is 0 Å². The summed E-state index contributed by atoms with van der Waals surface area (Å²) in [6, 6.07) is 11.6. The van der Waals surface area contributed by atoms with Gasteiger partial charge in [0.2, 0.25) is 0 Å². The molecular weight excluding hydrogens is 310 g/mol. The van der Waals surface area contributed by atoms with E-state index in [-0.39, 0.29) is 0 Å². The Labute approximate surface area is 117 Å². The van der Waals surface area contributed by atoms with Gasteiger partial charge in [0.1, 0.15) is 10.8 Å². The number of hydrogen-bond donors (Lipinski definition) is 1. The van der Waals surface area contributed by atoms with Crippen LogP contribution in [0, 0.1) is 6.92 Å². The molecule has 2 aromatic carbocycles. The van der Waals surface area contributed by atoms with Crippen molar-refractivity contribution in [3.63, 3.8) is 0 Å². The highest BCUT2D eigenvalue weighted by atomic mass is 79.9. The summed E-state index contributed by atoms with van der Waals surface area (Å²) in [5.41, 5.74) is 2.85. The first-order valence-electron chi connectivity index (χ1n) is 5.50. The van der Waals surface area contributed by atoms with Crippen LogP contribution in [0.1, 0.15) is 5.56 Å². The molecule has 0 atom stereocenters. The van der Waals surface area contributed by atoms with Gasteiger partial charge in [-0.25, -0.2) is 4.98 Å². The minimum Gasteiger partial charge on any atom is -0.508 e. The summed E-state index contributed by atoms with van der Waals surface area (Å²) >= 11 is 5.10. The Balaban J connectivity index is 2.22. The van der Waals surface area contributed by atoms with Gasteiger partial charge in [-0.15, -0.1) is 11.3 Å². The number of phenols is 1. The molecule has 0 radical (unpaired) electrons. The van der Waals surface area contributed by atoms with Crippen molar-refractivity contribution >= 4 is 37.5 Å². The van der Waals surface area contributed by atoms with Crippen LogP contribution < -0.4 is 0 Å². The van der Waals surface area contributed by atoms with E-state index in [9.17, 15) is 5.11 Å². The molecule has 3 aromatic rings. The first-order valence-corrected chi connectivity index (χ1v) is 7.11. The Kier molecular flexibility index (Phi) is 2.84. The van der Waals surface area contributed by atoms with Crippen molar-refractivity contribution in [2.24, 2.45) is 0 Å². The second kappa shape index (κ2) is 4.37. The monoisotopic (exact) mass is 319 g/mol. The van der Waals surface area contributed by atoms with E-state index < -0.39 is 0 Å². The average Bonchev–Trinajstić information content (AvgIpc) is 2.75. The molecule has 0 amide bonds. The third-order valence-electron chi connectivity index (χ3n) is 2.89. The van der Waals surface area contributed by atoms with Crippen LogP contribution in [-0.4, -0.2) is 10.1 Å². The van der Waals surface area contributed by atoms with Crippen LogP contribution in [0.2, 0.25) is 0 Å². The largest absolute Gasteiger partial charge is 0.508 e. The maximum Gasteiger partial charge on any atom is 0.125 e. The minimum atomic E-state index is 0.313. The number of benzene rings is 2. The lowest BCUT2D eigenvalue weighted by atomic mass is 10.1. The van der Waals surface area contributed by atoms with Crippen molar-refractivity contribution in [2.75, 3.05) is 0 Å². The molecule has 0 bridgehead atoms. The minimum absolute atomic E-state index is 0.313. The highest BCUT2D eigenvalue weighted by Gasteiger charge is 2.10. The molecule has 0 aliphatic carbocycles. The lowest BCUT2D eigenvalue weighted by Gasteiger charge is -2.03. The maximum absolute atomic E-state index is 9.75. The predicted molar refractivity (Wildman–Crippen MR) is 79.2 cm³/mol. The van der Waals surface area contributed by atoms with Crippen LogP contribution in [0.3, 0.4) is 0 Å². The third-order valence-corrected chi connectivity index (χ3v) is 4.43. The van der Waals surface area contributed by atoms with Crippen LogP contribution >= 0.6 is 27.3 Å². The zero-order valence-corrected chi connectivity index (χ0v) is 12.0. The second-order valence-electron chi connectivity index (χ2n) is 4.08. The standard InChI is InChI=1S/C14H10BrNOS/c1-8-10(3-2-4-12(8)17)14-16-11-6-5-9(15)7-13(11)18-14/h2-7,17H,1H3. The van der Waals surface area contributed by atoms with Gasteiger partial charge in [0.05, 0.1) is 10.2 Å². The van der Waals surface area contributed by atoms with Crippen LogP contribution in [0.25, 0.3) is 20.8 Å². The number of aromatic nitrogens is 1. The summed E-state index contributed by atoms with van der Waals surface area (Å²) in [6.07, 6.45) is 0. The quantitative estimate of drug-likeness (QED) is 0.702. The van der Waals surface area contributed by atoms with E-state index in [1.54, 1.807) is 17.4 Å². The molecule has 90 valence electrons. The molecule has 2 nitrogen and oxygen atoms in total. The predicted octanol–water partition coefficient (Wildman–Crippen LogP) is 4.74. The SMILES string of the molecule is Cc1c(O)cccc1-c1nc2ccc(Br)cc2s1. The molecule has 0 aliphatic rings. The molecule has 3 rings (SSSR count). The number of rotatable bonds is 1. The number of halogens is 1. The van der Waals surface area contributed by atoms with Gasteiger partial charge in [0.15, 0.2) is 0 Å². The van der Waals surface area contributed by atoms with E-state index in [4.69, 9.17) is 0 Å². The Bertz CT molecular complexity index is 736. The summed E-state index contributed by atoms with van der Waals surface area (Å²) in [6.45, 7) is 1.91. The first kappa shape index (κ1) is 11.7. The van der Waals surface area contributed by atoms with Crippen LogP contribution in [0.4, 0.5) is 0 Å². The van der Waals surface area contributed by atoms with Gasteiger partial charge in [0.25, 0.3) is 0 Å². The summed E-state index contributed by atoms with van der Waals surface area (Å²) in [5, 5.41) is 10.7. The highest BCUT2D eigenvalue weighted by molar-refractivity contribution is 9.10. The normalized spacial score (nSPS) is 11.0. The molecule has 0 saturated heterocycles. The summed E-state index contributed by atoms with van der Waals surface area (Å²) in [5.74, 6) is 0.313. The van der Waals surface area contributed by atoms with Crippen molar-refractivity contribution < 1.29 is 5.11 Å². The fourth-order valence-corrected chi connectivity index (χ4v) is 3.47. The van der Waals surface area contributed by atoms with Crippen molar-refractivity contribution in [3.05, 3.63) is 46.4 Å². The zero-order chi connectivity index (χ0) is 12.7. The highest BCUT2D eigenvalue weighted by Crippen LogP contribution is 2.35. The van der Waals surface area contributed by atoms with Crippen LogP contribution in [0.15, 0.2) is 40.9 Å². The van der Waals surface area contributed by atoms with E-state index in [0.29, 0.717) is 5.75 Å². The Morgan fingerprint density at radius 1 is 1.22 bits per heavy atom. The van der Waals surface area contributed by atoms with E-state index in [0.717, 1.165) is 30.8 Å². The number of fused-ring (bicyclic) bond motifs is 1. The van der Waals surface area contributed by atoms with Crippen molar-refractivity contribution in [1.29, 1.82) is 0 Å². The molecule has 0 saturated carbocycles. The molecular formula is C14H10BrNOS. The fourth-order valence-electron chi connectivity index (χ4n) is 1.87.